The number of rotatable bonds is 12. The van der Waals surface area contributed by atoms with Gasteiger partial charge < -0.3 is 9.47 Å². The van der Waals surface area contributed by atoms with Crippen molar-refractivity contribution in [1.29, 1.82) is 0 Å². The van der Waals surface area contributed by atoms with E-state index in [0.29, 0.717) is 5.06 Å². The van der Waals surface area contributed by atoms with Gasteiger partial charge in [-0.1, -0.05) is 60.7 Å². The topological polar surface area (TPSA) is 129 Å². The van der Waals surface area contributed by atoms with Crippen LogP contribution in [-0.2, 0) is 27.9 Å². The highest BCUT2D eigenvalue weighted by Gasteiger charge is 2.27. The monoisotopic (exact) mass is 565 g/mol. The first-order valence-corrected chi connectivity index (χ1v) is 14.1. The van der Waals surface area contributed by atoms with Crippen LogP contribution < -0.4 is 0 Å². The van der Waals surface area contributed by atoms with Gasteiger partial charge in [-0.25, -0.2) is 14.7 Å². The van der Waals surface area contributed by atoms with E-state index < -0.39 is 39.0 Å². The van der Waals surface area contributed by atoms with E-state index in [-0.39, 0.29) is 30.1 Å². The number of ether oxygens (including phenoxy) is 2. The molecule has 10 nitrogen and oxygen atoms in total. The van der Waals surface area contributed by atoms with E-state index in [1.165, 1.54) is 7.05 Å². The summed E-state index contributed by atoms with van der Waals surface area (Å²) >= 11 is 0. The Morgan fingerprint density at radius 3 is 1.62 bits per heavy atom. The number of hydrogen-bond acceptors (Lipinski definition) is 9. The normalized spacial score (nSPS) is 11.3. The fourth-order valence-corrected chi connectivity index (χ4v) is 5.18. The van der Waals surface area contributed by atoms with Crippen LogP contribution >= 0.6 is 7.60 Å². The number of esters is 2. The molecule has 4 aromatic carbocycles. The summed E-state index contributed by atoms with van der Waals surface area (Å²) in [6.45, 7) is -1.40. The average Bonchev–Trinajstić information content (AvgIpc) is 2.96. The first-order chi connectivity index (χ1) is 19.2. The number of carbonyl (C=O) groups excluding carboxylic acids is 3. The molecule has 208 valence electrons. The van der Waals surface area contributed by atoms with Crippen molar-refractivity contribution in [3.05, 3.63) is 96.1 Å². The number of hydrogen-bond donors (Lipinski definition) is 1. The van der Waals surface area contributed by atoms with Gasteiger partial charge in [0.2, 0.25) is 19.5 Å². The Morgan fingerprint density at radius 2 is 1.18 bits per heavy atom. The minimum atomic E-state index is -3.99. The second kappa shape index (κ2) is 13.3. The first-order valence-electron chi connectivity index (χ1n) is 12.4. The quantitative estimate of drug-likeness (QED) is 0.0748. The number of hydroxylamine groups is 2. The standard InChI is InChI=1S/C29H28NO9P/c1-30(34)27(31)11-6-16-40(35,38-19-36-28(32)25-14-12-21-7-2-4-9-23(21)17-25)39-20-37-29(33)26-15-13-22-8-3-5-10-24(22)18-26/h2-5,7-10,12-15,17-18,34H,6,11,16,19-20H2,1H3. The van der Waals surface area contributed by atoms with E-state index >= 15 is 0 Å². The van der Waals surface area contributed by atoms with Gasteiger partial charge in [-0.3, -0.25) is 23.6 Å². The lowest BCUT2D eigenvalue weighted by atomic mass is 10.1. The van der Waals surface area contributed by atoms with Crippen molar-refractivity contribution in [2.75, 3.05) is 26.8 Å². The lowest BCUT2D eigenvalue weighted by Gasteiger charge is -2.18. The fourth-order valence-electron chi connectivity index (χ4n) is 3.87. The number of carbonyl (C=O) groups is 3. The minimum Gasteiger partial charge on any atom is -0.434 e. The molecule has 40 heavy (non-hydrogen) atoms. The summed E-state index contributed by atoms with van der Waals surface area (Å²) in [6.07, 6.45) is -0.372. The molecule has 0 aliphatic rings. The summed E-state index contributed by atoms with van der Waals surface area (Å²) in [5.74, 6) is -1.99. The Bertz CT molecular complexity index is 1470. The summed E-state index contributed by atoms with van der Waals surface area (Å²) in [5, 5.41) is 13.3. The molecule has 0 saturated heterocycles. The van der Waals surface area contributed by atoms with Crippen LogP contribution in [0.1, 0.15) is 33.6 Å². The van der Waals surface area contributed by atoms with Gasteiger partial charge in [-0.15, -0.1) is 0 Å². The molecule has 0 fully saturated rings. The molecule has 4 aromatic rings. The lowest BCUT2D eigenvalue weighted by molar-refractivity contribution is -0.159. The van der Waals surface area contributed by atoms with E-state index in [1.807, 2.05) is 48.5 Å². The molecule has 0 aliphatic carbocycles. The molecule has 1 N–H and O–H groups in total. The van der Waals surface area contributed by atoms with Crippen LogP contribution in [0.4, 0.5) is 0 Å². The van der Waals surface area contributed by atoms with Crippen molar-refractivity contribution in [3.63, 3.8) is 0 Å². The zero-order valence-corrected chi connectivity index (χ0v) is 22.6. The summed E-state index contributed by atoms with van der Waals surface area (Å²) in [6, 6.07) is 25.1. The van der Waals surface area contributed by atoms with Crippen molar-refractivity contribution in [2.24, 2.45) is 0 Å². The van der Waals surface area contributed by atoms with Crippen LogP contribution in [0.15, 0.2) is 84.9 Å². The number of benzene rings is 4. The zero-order valence-electron chi connectivity index (χ0n) is 21.7. The van der Waals surface area contributed by atoms with Gasteiger partial charge in [-0.05, 0) is 52.2 Å². The Kier molecular flexibility index (Phi) is 9.63. The zero-order chi connectivity index (χ0) is 28.5. The predicted molar refractivity (Wildman–Crippen MR) is 147 cm³/mol. The highest BCUT2D eigenvalue weighted by atomic mass is 31.2. The lowest BCUT2D eigenvalue weighted by Crippen LogP contribution is -2.22. The van der Waals surface area contributed by atoms with Crippen LogP contribution in [0.5, 0.6) is 0 Å². The number of nitrogens with zero attached hydrogens (tertiary/aromatic N) is 1. The van der Waals surface area contributed by atoms with E-state index in [4.69, 9.17) is 18.5 Å². The molecule has 0 bridgehead atoms. The summed E-state index contributed by atoms with van der Waals surface area (Å²) in [5.41, 5.74) is 0.554. The molecule has 0 aliphatic heterocycles. The second-order valence-electron chi connectivity index (χ2n) is 8.84. The molecule has 0 atom stereocenters. The molecule has 0 unspecified atom stereocenters. The molecule has 0 aromatic heterocycles. The first kappa shape index (κ1) is 28.9. The van der Waals surface area contributed by atoms with E-state index in [0.717, 1.165) is 21.5 Å². The maximum atomic E-state index is 13.3. The SMILES string of the molecule is CN(O)C(=O)CCCP(=O)(OCOC(=O)c1ccc2ccccc2c1)OCOC(=O)c1ccc2ccccc2c1. The predicted octanol–water partition coefficient (Wildman–Crippen LogP) is 5.78. The average molecular weight is 566 g/mol. The maximum Gasteiger partial charge on any atom is 0.340 e. The van der Waals surface area contributed by atoms with E-state index in [2.05, 4.69) is 0 Å². The largest absolute Gasteiger partial charge is 0.434 e. The second-order valence-corrected chi connectivity index (χ2v) is 11.0. The third-order valence-corrected chi connectivity index (χ3v) is 7.89. The van der Waals surface area contributed by atoms with Crippen molar-refractivity contribution in [3.8, 4) is 0 Å². The molecule has 1 amide bonds. The molecular weight excluding hydrogens is 537 g/mol. The highest BCUT2D eigenvalue weighted by molar-refractivity contribution is 7.53. The van der Waals surface area contributed by atoms with Gasteiger partial charge in [-0.2, -0.15) is 0 Å². The van der Waals surface area contributed by atoms with Gasteiger partial charge in [0.05, 0.1) is 17.3 Å². The molecule has 4 rings (SSSR count). The van der Waals surface area contributed by atoms with Crippen molar-refractivity contribution in [1.82, 2.24) is 5.06 Å². The Hall–Kier alpha value is -4.08. The van der Waals surface area contributed by atoms with E-state index in [1.54, 1.807) is 36.4 Å². The fraction of sp³-hybridized carbons (Fsp3) is 0.207. The number of amides is 1. The third-order valence-electron chi connectivity index (χ3n) is 6.03. The van der Waals surface area contributed by atoms with Gasteiger partial charge >= 0.3 is 19.5 Å². The Balaban J connectivity index is 1.35. The molecule has 11 heteroatoms. The van der Waals surface area contributed by atoms with Crippen LogP contribution in [0.2, 0.25) is 0 Å². The van der Waals surface area contributed by atoms with E-state index in [9.17, 15) is 24.2 Å². The van der Waals surface area contributed by atoms with Crippen LogP contribution in [0, 0.1) is 0 Å². The molecule has 0 heterocycles. The van der Waals surface area contributed by atoms with Crippen LogP contribution in [0.25, 0.3) is 21.5 Å². The Labute approximate surface area is 230 Å². The summed E-state index contributed by atoms with van der Waals surface area (Å²) in [7, 11) is -2.81. The molecule has 0 saturated carbocycles. The maximum absolute atomic E-state index is 13.3. The van der Waals surface area contributed by atoms with Crippen molar-refractivity contribution in [2.45, 2.75) is 12.8 Å². The molecule has 0 radical (unpaired) electrons. The number of fused-ring (bicyclic) bond motifs is 2. The van der Waals surface area contributed by atoms with Gasteiger partial charge in [0.1, 0.15) is 0 Å². The summed E-state index contributed by atoms with van der Waals surface area (Å²) < 4.78 is 34.2. The van der Waals surface area contributed by atoms with Gasteiger partial charge in [0.25, 0.3) is 0 Å². The summed E-state index contributed by atoms with van der Waals surface area (Å²) in [4.78, 5) is 36.8. The minimum absolute atomic E-state index is 0.0260. The van der Waals surface area contributed by atoms with Crippen molar-refractivity contribution >= 4 is 47.0 Å². The van der Waals surface area contributed by atoms with Crippen LogP contribution in [-0.4, -0.2) is 54.9 Å². The Morgan fingerprint density at radius 1 is 0.725 bits per heavy atom. The van der Waals surface area contributed by atoms with Crippen LogP contribution in [0.3, 0.4) is 0 Å². The third kappa shape index (κ3) is 7.74. The molecular formula is C29H28NO9P. The van der Waals surface area contributed by atoms with Gasteiger partial charge in [0, 0.05) is 13.5 Å². The molecule has 0 spiro atoms. The highest BCUT2D eigenvalue weighted by Crippen LogP contribution is 2.49. The smallest absolute Gasteiger partial charge is 0.340 e. The van der Waals surface area contributed by atoms with Crippen molar-refractivity contribution < 1.29 is 42.7 Å². The van der Waals surface area contributed by atoms with Gasteiger partial charge in [0.15, 0.2) is 0 Å².